The van der Waals surface area contributed by atoms with Gasteiger partial charge in [-0.05, 0) is 49.9 Å². The number of hydrogen-bond donors (Lipinski definition) is 1. The Hall–Kier alpha value is -1.47. The third kappa shape index (κ3) is 5.91. The summed E-state index contributed by atoms with van der Waals surface area (Å²) in [7, 11) is -3.54. The molecule has 1 saturated heterocycles. The van der Waals surface area contributed by atoms with E-state index in [1.807, 2.05) is 11.0 Å². The molecule has 0 spiro atoms. The van der Waals surface area contributed by atoms with Gasteiger partial charge in [0.1, 0.15) is 11.6 Å². The van der Waals surface area contributed by atoms with Crippen LogP contribution in [-0.2, 0) is 21.1 Å². The molecule has 1 aliphatic rings. The van der Waals surface area contributed by atoms with Gasteiger partial charge < -0.3 is 10.0 Å². The van der Waals surface area contributed by atoms with Crippen LogP contribution in [0.1, 0.15) is 18.4 Å². The monoisotopic (exact) mass is 343 g/mol. The maximum atomic E-state index is 13.7. The van der Waals surface area contributed by atoms with Crippen LogP contribution in [0.3, 0.4) is 0 Å². The van der Waals surface area contributed by atoms with Gasteiger partial charge in [0.25, 0.3) is 0 Å². The number of aliphatic carboxylic acids is 1. The minimum atomic E-state index is -3.54. The van der Waals surface area contributed by atoms with Crippen molar-refractivity contribution in [3.63, 3.8) is 0 Å². The van der Waals surface area contributed by atoms with E-state index in [4.69, 9.17) is 5.11 Å². The molecule has 0 bridgehead atoms. The first-order valence-electron chi connectivity index (χ1n) is 7.74. The zero-order valence-corrected chi connectivity index (χ0v) is 13.8. The number of halogens is 1. The molecule has 2 rings (SSSR count). The molecule has 5 nitrogen and oxygen atoms in total. The molecule has 128 valence electrons. The molecule has 0 saturated carbocycles. The lowest BCUT2D eigenvalue weighted by atomic mass is 9.90. The molecule has 0 unspecified atom stereocenters. The summed E-state index contributed by atoms with van der Waals surface area (Å²) >= 11 is 0. The first-order chi connectivity index (χ1) is 10.9. The second-order valence-corrected chi connectivity index (χ2v) is 8.25. The van der Waals surface area contributed by atoms with Crippen molar-refractivity contribution in [2.75, 3.05) is 31.1 Å². The maximum Gasteiger partial charge on any atom is 0.318 e. The predicted molar refractivity (Wildman–Crippen MR) is 85.6 cm³/mol. The number of carbonyl (C=O) groups is 1. The second kappa shape index (κ2) is 7.88. The molecule has 23 heavy (non-hydrogen) atoms. The minimum Gasteiger partial charge on any atom is -0.480 e. The SMILES string of the molecule is O=C(O)CS(=O)(=O)CCN1CCC(Cc2ccccc2F)CC1. The smallest absolute Gasteiger partial charge is 0.318 e. The summed E-state index contributed by atoms with van der Waals surface area (Å²) in [6, 6.07) is 6.79. The third-order valence-electron chi connectivity index (χ3n) is 4.24. The molecule has 0 radical (unpaired) electrons. The average molecular weight is 343 g/mol. The van der Waals surface area contributed by atoms with Gasteiger partial charge in [0.15, 0.2) is 9.84 Å². The Morgan fingerprint density at radius 2 is 1.91 bits per heavy atom. The Morgan fingerprint density at radius 1 is 1.26 bits per heavy atom. The van der Waals surface area contributed by atoms with Gasteiger partial charge in [-0.25, -0.2) is 12.8 Å². The van der Waals surface area contributed by atoms with Crippen LogP contribution in [0.4, 0.5) is 4.39 Å². The number of piperidine rings is 1. The second-order valence-electron chi connectivity index (χ2n) is 6.07. The summed E-state index contributed by atoms with van der Waals surface area (Å²) < 4.78 is 36.8. The molecule has 1 N–H and O–H groups in total. The summed E-state index contributed by atoms with van der Waals surface area (Å²) in [5.41, 5.74) is 0.731. The molecule has 1 fully saturated rings. The molecule has 7 heteroatoms. The van der Waals surface area contributed by atoms with Crippen molar-refractivity contribution in [2.45, 2.75) is 19.3 Å². The number of nitrogens with zero attached hydrogens (tertiary/aromatic N) is 1. The molecule has 1 aliphatic heterocycles. The number of rotatable bonds is 7. The van der Waals surface area contributed by atoms with Gasteiger partial charge in [-0.1, -0.05) is 18.2 Å². The number of hydrogen-bond acceptors (Lipinski definition) is 4. The topological polar surface area (TPSA) is 74.7 Å². The van der Waals surface area contributed by atoms with Crippen molar-refractivity contribution in [3.8, 4) is 0 Å². The lowest BCUT2D eigenvalue weighted by molar-refractivity contribution is -0.134. The molecular weight excluding hydrogens is 321 g/mol. The van der Waals surface area contributed by atoms with E-state index in [0.29, 0.717) is 18.9 Å². The van der Waals surface area contributed by atoms with Gasteiger partial charge in [-0.15, -0.1) is 0 Å². The third-order valence-corrected chi connectivity index (χ3v) is 5.73. The van der Waals surface area contributed by atoms with Crippen molar-refractivity contribution in [3.05, 3.63) is 35.6 Å². The van der Waals surface area contributed by atoms with Crippen LogP contribution in [0.2, 0.25) is 0 Å². The molecular formula is C16H22FNO4S. The Balaban J connectivity index is 1.76. The van der Waals surface area contributed by atoms with E-state index in [1.165, 1.54) is 6.07 Å². The number of carboxylic acids is 1. The van der Waals surface area contributed by atoms with Gasteiger partial charge in [-0.3, -0.25) is 4.79 Å². The van der Waals surface area contributed by atoms with E-state index >= 15 is 0 Å². The van der Waals surface area contributed by atoms with Gasteiger partial charge >= 0.3 is 5.97 Å². The van der Waals surface area contributed by atoms with Gasteiger partial charge in [0.05, 0.1) is 5.75 Å². The fourth-order valence-electron chi connectivity index (χ4n) is 2.92. The first-order valence-corrected chi connectivity index (χ1v) is 9.56. The standard InChI is InChI=1S/C16H22FNO4S/c17-15-4-2-1-3-14(15)11-13-5-7-18(8-6-13)9-10-23(21,22)12-16(19)20/h1-4,13H,5-12H2,(H,19,20). The number of carboxylic acid groups (broad SMARTS) is 1. The van der Waals surface area contributed by atoms with E-state index in [0.717, 1.165) is 31.5 Å². The van der Waals surface area contributed by atoms with Crippen molar-refractivity contribution >= 4 is 15.8 Å². The molecule has 0 amide bonds. The predicted octanol–water partition coefficient (Wildman–Crippen LogP) is 1.58. The number of sulfone groups is 1. The highest BCUT2D eigenvalue weighted by molar-refractivity contribution is 7.92. The molecule has 1 aromatic rings. The summed E-state index contributed by atoms with van der Waals surface area (Å²) in [6.07, 6.45) is 2.50. The molecule has 0 atom stereocenters. The summed E-state index contributed by atoms with van der Waals surface area (Å²) in [4.78, 5) is 12.5. The van der Waals surface area contributed by atoms with Crippen LogP contribution in [0.25, 0.3) is 0 Å². The van der Waals surface area contributed by atoms with E-state index in [9.17, 15) is 17.6 Å². The molecule has 1 heterocycles. The van der Waals surface area contributed by atoms with Gasteiger partial charge in [-0.2, -0.15) is 0 Å². The first kappa shape index (κ1) is 17.9. The van der Waals surface area contributed by atoms with Crippen LogP contribution < -0.4 is 0 Å². The lowest BCUT2D eigenvalue weighted by Gasteiger charge is -2.31. The quantitative estimate of drug-likeness (QED) is 0.814. The summed E-state index contributed by atoms with van der Waals surface area (Å²) in [5.74, 6) is -2.02. The molecule has 0 aromatic heterocycles. The van der Waals surface area contributed by atoms with Crippen molar-refractivity contribution in [2.24, 2.45) is 5.92 Å². The van der Waals surface area contributed by atoms with Crippen LogP contribution in [-0.4, -0.2) is 55.5 Å². The summed E-state index contributed by atoms with van der Waals surface area (Å²) in [6.45, 7) is 1.89. The Morgan fingerprint density at radius 3 is 2.52 bits per heavy atom. The molecule has 0 aliphatic carbocycles. The fourth-order valence-corrected chi connectivity index (χ4v) is 3.97. The Kier molecular flexibility index (Phi) is 6.12. The maximum absolute atomic E-state index is 13.7. The number of likely N-dealkylation sites (tertiary alicyclic amines) is 1. The Bertz CT molecular complexity index is 639. The number of benzene rings is 1. The average Bonchev–Trinajstić information content (AvgIpc) is 2.48. The van der Waals surface area contributed by atoms with Crippen molar-refractivity contribution in [1.29, 1.82) is 0 Å². The van der Waals surface area contributed by atoms with Gasteiger partial charge in [0.2, 0.25) is 0 Å². The van der Waals surface area contributed by atoms with Crippen LogP contribution in [0, 0.1) is 11.7 Å². The largest absolute Gasteiger partial charge is 0.480 e. The van der Waals surface area contributed by atoms with Crippen molar-refractivity contribution < 1.29 is 22.7 Å². The van der Waals surface area contributed by atoms with Crippen LogP contribution in [0.15, 0.2) is 24.3 Å². The van der Waals surface area contributed by atoms with E-state index in [1.54, 1.807) is 12.1 Å². The molecule has 1 aromatic carbocycles. The fraction of sp³-hybridized carbons (Fsp3) is 0.562. The highest BCUT2D eigenvalue weighted by atomic mass is 32.2. The normalized spacial score (nSPS) is 17.3. The van der Waals surface area contributed by atoms with E-state index in [-0.39, 0.29) is 11.6 Å². The zero-order valence-electron chi connectivity index (χ0n) is 12.9. The van der Waals surface area contributed by atoms with E-state index in [2.05, 4.69) is 0 Å². The lowest BCUT2D eigenvalue weighted by Crippen LogP contribution is -2.38. The van der Waals surface area contributed by atoms with E-state index < -0.39 is 21.6 Å². The zero-order chi connectivity index (χ0) is 16.9. The van der Waals surface area contributed by atoms with Gasteiger partial charge in [0, 0.05) is 6.54 Å². The Labute approximate surface area is 136 Å². The van der Waals surface area contributed by atoms with Crippen LogP contribution >= 0.6 is 0 Å². The van der Waals surface area contributed by atoms with Crippen molar-refractivity contribution in [1.82, 2.24) is 4.90 Å². The summed E-state index contributed by atoms with van der Waals surface area (Å²) in [5, 5.41) is 8.56. The highest BCUT2D eigenvalue weighted by Crippen LogP contribution is 2.22. The highest BCUT2D eigenvalue weighted by Gasteiger charge is 2.22. The van der Waals surface area contributed by atoms with Crippen LogP contribution in [0.5, 0.6) is 0 Å². The minimum absolute atomic E-state index is 0.128.